The second-order valence-corrected chi connectivity index (χ2v) is 12.6. The second-order valence-electron chi connectivity index (χ2n) is 12.6. The summed E-state index contributed by atoms with van der Waals surface area (Å²) in [7, 11) is 0. The van der Waals surface area contributed by atoms with Crippen molar-refractivity contribution in [3.8, 4) is 12.3 Å². The van der Waals surface area contributed by atoms with Crippen LogP contribution in [0.3, 0.4) is 0 Å². The van der Waals surface area contributed by atoms with Crippen molar-refractivity contribution in [3.63, 3.8) is 0 Å². The zero-order valence-corrected chi connectivity index (χ0v) is 23.6. The number of allylic oxidation sites excluding steroid dienone is 2. The molecule has 4 aliphatic carbocycles. The first-order valence-electron chi connectivity index (χ1n) is 15.5. The Morgan fingerprint density at radius 1 is 1.05 bits per heavy atom. The van der Waals surface area contributed by atoms with Gasteiger partial charge in [0.15, 0.2) is 11.4 Å². The van der Waals surface area contributed by atoms with Gasteiger partial charge in [0.05, 0.1) is 0 Å². The Kier molecular flexibility index (Phi) is 9.42. The van der Waals surface area contributed by atoms with E-state index < -0.39 is 5.60 Å². The summed E-state index contributed by atoms with van der Waals surface area (Å²) in [6, 6.07) is 0. The fourth-order valence-corrected chi connectivity index (χ4v) is 8.89. The molecule has 4 rings (SSSR count). The van der Waals surface area contributed by atoms with Gasteiger partial charge in [-0.1, -0.05) is 88.9 Å². The van der Waals surface area contributed by atoms with Crippen molar-refractivity contribution < 1.29 is 14.3 Å². The number of terminal acetylenes is 1. The number of rotatable bonds is 12. The molecule has 0 heterocycles. The average Bonchev–Trinajstić information content (AvgIpc) is 3.21. The minimum atomic E-state index is -0.810. The highest BCUT2D eigenvalue weighted by atomic mass is 16.6. The molecule has 0 N–H and O–H groups in total. The van der Waals surface area contributed by atoms with Crippen LogP contribution in [0.1, 0.15) is 129 Å². The van der Waals surface area contributed by atoms with Gasteiger partial charge in [-0.3, -0.25) is 9.59 Å². The van der Waals surface area contributed by atoms with Crippen LogP contribution in [-0.2, 0) is 14.3 Å². The lowest BCUT2D eigenvalue weighted by Gasteiger charge is -2.57. The third-order valence-corrected chi connectivity index (χ3v) is 10.7. The maximum absolute atomic E-state index is 13.1. The fourth-order valence-electron chi connectivity index (χ4n) is 8.89. The van der Waals surface area contributed by atoms with E-state index in [1.807, 2.05) is 6.08 Å². The number of esters is 1. The molecule has 3 saturated carbocycles. The predicted molar refractivity (Wildman–Crippen MR) is 151 cm³/mol. The van der Waals surface area contributed by atoms with Crippen LogP contribution in [-0.4, -0.2) is 17.4 Å². The molecule has 0 saturated heterocycles. The van der Waals surface area contributed by atoms with Crippen molar-refractivity contribution in [3.05, 3.63) is 23.8 Å². The number of unbranched alkanes of at least 4 members (excludes halogenated alkanes) is 8. The Hall–Kier alpha value is -1.82. The molecule has 0 aromatic heterocycles. The molecule has 4 aliphatic rings. The number of hydrogen-bond donors (Lipinski definition) is 0. The first-order chi connectivity index (χ1) is 17.9. The average molecular weight is 507 g/mol. The topological polar surface area (TPSA) is 43.4 Å². The third kappa shape index (κ3) is 5.51. The first-order valence-corrected chi connectivity index (χ1v) is 15.5. The van der Waals surface area contributed by atoms with Crippen LogP contribution in [0.25, 0.3) is 0 Å². The maximum atomic E-state index is 13.1. The van der Waals surface area contributed by atoms with Crippen LogP contribution >= 0.6 is 0 Å². The van der Waals surface area contributed by atoms with E-state index in [4.69, 9.17) is 11.2 Å². The summed E-state index contributed by atoms with van der Waals surface area (Å²) in [5.74, 6) is 5.16. The number of fused-ring (bicyclic) bond motifs is 5. The van der Waals surface area contributed by atoms with E-state index in [9.17, 15) is 9.59 Å². The summed E-state index contributed by atoms with van der Waals surface area (Å²) in [6.07, 6.45) is 27.1. The van der Waals surface area contributed by atoms with Gasteiger partial charge in [-0.2, -0.15) is 0 Å². The van der Waals surface area contributed by atoms with Gasteiger partial charge in [0.25, 0.3) is 0 Å². The lowest BCUT2D eigenvalue weighted by atomic mass is 9.48. The molecule has 0 aliphatic heterocycles. The van der Waals surface area contributed by atoms with E-state index in [0.29, 0.717) is 42.3 Å². The quantitative estimate of drug-likeness (QED) is 0.115. The van der Waals surface area contributed by atoms with Gasteiger partial charge in [-0.25, -0.2) is 0 Å². The summed E-state index contributed by atoms with van der Waals surface area (Å²) in [5, 5.41) is 0. The van der Waals surface area contributed by atoms with Crippen LogP contribution < -0.4 is 0 Å². The molecule has 0 radical (unpaired) electrons. The molecule has 0 amide bonds. The molecular weight excluding hydrogens is 456 g/mol. The number of ether oxygens (including phenoxy) is 1. The molecule has 3 heteroatoms. The second kappa shape index (κ2) is 12.4. The molecule has 3 nitrogen and oxygen atoms in total. The molecule has 0 aromatic rings. The number of hydrogen-bond acceptors (Lipinski definition) is 3. The van der Waals surface area contributed by atoms with Crippen molar-refractivity contribution in [1.29, 1.82) is 0 Å². The van der Waals surface area contributed by atoms with Gasteiger partial charge >= 0.3 is 5.97 Å². The lowest BCUT2D eigenvalue weighted by molar-refractivity contribution is -0.170. The van der Waals surface area contributed by atoms with Crippen molar-refractivity contribution >= 4 is 11.8 Å². The van der Waals surface area contributed by atoms with Crippen LogP contribution in [0.2, 0.25) is 0 Å². The largest absolute Gasteiger partial charge is 0.445 e. The van der Waals surface area contributed by atoms with E-state index in [0.717, 1.165) is 57.8 Å². The van der Waals surface area contributed by atoms with Gasteiger partial charge < -0.3 is 4.74 Å². The number of carbonyl (C=O) groups is 2. The van der Waals surface area contributed by atoms with Gasteiger partial charge in [0, 0.05) is 18.3 Å². The monoisotopic (exact) mass is 506 g/mol. The van der Waals surface area contributed by atoms with E-state index >= 15 is 0 Å². The molecule has 0 bridgehead atoms. The van der Waals surface area contributed by atoms with E-state index in [2.05, 4.69) is 26.3 Å². The normalized spacial score (nSPS) is 34.7. The van der Waals surface area contributed by atoms with Crippen LogP contribution in [0.4, 0.5) is 0 Å². The summed E-state index contributed by atoms with van der Waals surface area (Å²) >= 11 is 0. The van der Waals surface area contributed by atoms with Gasteiger partial charge in [0.2, 0.25) is 0 Å². The summed E-state index contributed by atoms with van der Waals surface area (Å²) in [5.41, 5.74) is 1.62. The summed E-state index contributed by atoms with van der Waals surface area (Å²) < 4.78 is 6.36. The number of carbonyl (C=O) groups excluding carboxylic acids is 2. The van der Waals surface area contributed by atoms with Gasteiger partial charge in [-0.05, 0) is 81.1 Å². The highest BCUT2D eigenvalue weighted by Crippen LogP contribution is 2.68. The minimum absolute atomic E-state index is 0.109. The van der Waals surface area contributed by atoms with Crippen molar-refractivity contribution in [2.75, 3.05) is 0 Å². The molecule has 0 aromatic carbocycles. The van der Waals surface area contributed by atoms with E-state index in [1.165, 1.54) is 56.1 Å². The van der Waals surface area contributed by atoms with Crippen LogP contribution in [0.15, 0.2) is 23.8 Å². The Balaban J connectivity index is 1.37. The third-order valence-electron chi connectivity index (χ3n) is 10.7. The SMILES string of the molecule is C#C[C@]1(OC(=O)CCCCCCCCCCC)CCC2C3CCC4=CC(=O)CC[C@@H]4C3C(=C)C[C@@]21CC. The zero-order chi connectivity index (χ0) is 26.5. The smallest absolute Gasteiger partial charge is 0.307 e. The first kappa shape index (κ1) is 28.2. The summed E-state index contributed by atoms with van der Waals surface area (Å²) in [6.45, 7) is 9.11. The van der Waals surface area contributed by atoms with Crippen LogP contribution in [0.5, 0.6) is 0 Å². The van der Waals surface area contributed by atoms with Gasteiger partial charge in [0.1, 0.15) is 0 Å². The van der Waals surface area contributed by atoms with E-state index in [-0.39, 0.29) is 11.4 Å². The molecule has 37 heavy (non-hydrogen) atoms. The highest BCUT2D eigenvalue weighted by molar-refractivity contribution is 5.91. The van der Waals surface area contributed by atoms with Crippen LogP contribution in [0, 0.1) is 41.4 Å². The maximum Gasteiger partial charge on any atom is 0.307 e. The van der Waals surface area contributed by atoms with Gasteiger partial charge in [-0.15, -0.1) is 6.42 Å². The van der Waals surface area contributed by atoms with Crippen molar-refractivity contribution in [2.24, 2.45) is 29.1 Å². The molecular formula is C34H50O3. The predicted octanol–water partition coefficient (Wildman–Crippen LogP) is 8.52. The fraction of sp³-hybridized carbons (Fsp3) is 0.765. The Bertz CT molecular complexity index is 922. The Morgan fingerprint density at radius 2 is 1.76 bits per heavy atom. The number of ketones is 1. The molecule has 0 spiro atoms. The van der Waals surface area contributed by atoms with E-state index in [1.54, 1.807) is 0 Å². The molecule has 204 valence electrons. The molecule has 3 unspecified atom stereocenters. The molecule has 3 fully saturated rings. The van der Waals surface area contributed by atoms with Crippen molar-refractivity contribution in [1.82, 2.24) is 0 Å². The Morgan fingerprint density at radius 3 is 2.43 bits per heavy atom. The molecule has 6 atom stereocenters. The lowest BCUT2D eigenvalue weighted by Crippen LogP contribution is -2.55. The van der Waals surface area contributed by atoms with Crippen molar-refractivity contribution in [2.45, 2.75) is 135 Å². The minimum Gasteiger partial charge on any atom is -0.445 e. The standard InChI is InChI=1S/C34H50O3/c1-5-8-9-10-11-12-13-14-15-16-31(36)37-34(7-3)22-21-30-29-19-17-26-23-27(35)18-20-28(26)32(29)25(4)24-33(30,34)6-2/h3,23,28-30,32H,4-6,8-22,24H2,1-2H3/t28-,29?,30?,32?,33-,34-/m0/s1. The highest BCUT2D eigenvalue weighted by Gasteiger charge is 2.66. The zero-order valence-electron chi connectivity index (χ0n) is 23.6. The Labute approximate surface area is 226 Å². The summed E-state index contributed by atoms with van der Waals surface area (Å²) in [4.78, 5) is 25.2.